The van der Waals surface area contributed by atoms with E-state index in [1.54, 1.807) is 7.11 Å². The summed E-state index contributed by atoms with van der Waals surface area (Å²) >= 11 is 0. The first-order chi connectivity index (χ1) is 10.0. The van der Waals surface area contributed by atoms with Crippen LogP contribution in [0.3, 0.4) is 0 Å². The van der Waals surface area contributed by atoms with Gasteiger partial charge >= 0.3 is 0 Å². The molecule has 0 aromatic carbocycles. The minimum Gasteiger partial charge on any atom is -0.377 e. The number of hydrogen-bond acceptors (Lipinski definition) is 4. The van der Waals surface area contributed by atoms with Crippen molar-refractivity contribution in [3.8, 4) is 0 Å². The van der Waals surface area contributed by atoms with Crippen LogP contribution >= 0.6 is 0 Å². The number of hydrogen-bond donors (Lipinski definition) is 1. The zero-order valence-electron chi connectivity index (χ0n) is 13.9. The van der Waals surface area contributed by atoms with Gasteiger partial charge in [-0.25, -0.2) is 4.98 Å². The summed E-state index contributed by atoms with van der Waals surface area (Å²) in [5, 5.41) is 3.45. The summed E-state index contributed by atoms with van der Waals surface area (Å²) in [6.45, 7) is 10.5. The monoisotopic (exact) mass is 291 g/mol. The van der Waals surface area contributed by atoms with Gasteiger partial charge in [0.15, 0.2) is 0 Å². The van der Waals surface area contributed by atoms with E-state index in [1.165, 1.54) is 5.56 Å². The lowest BCUT2D eigenvalue weighted by molar-refractivity contribution is -0.00481. The summed E-state index contributed by atoms with van der Waals surface area (Å²) in [6.07, 6.45) is 4.27. The van der Waals surface area contributed by atoms with Gasteiger partial charge in [-0.05, 0) is 43.9 Å². The van der Waals surface area contributed by atoms with Crippen LogP contribution in [-0.2, 0) is 11.3 Å². The first-order valence-corrected chi connectivity index (χ1v) is 7.98. The fraction of sp³-hybridized carbons (Fsp3) is 0.706. The highest BCUT2D eigenvalue weighted by Crippen LogP contribution is 2.26. The number of rotatable bonds is 6. The van der Waals surface area contributed by atoms with E-state index < -0.39 is 0 Å². The summed E-state index contributed by atoms with van der Waals surface area (Å²) < 4.78 is 5.65. The van der Waals surface area contributed by atoms with Crippen LogP contribution < -0.4 is 10.2 Å². The van der Waals surface area contributed by atoms with Crippen LogP contribution in [0.5, 0.6) is 0 Å². The maximum Gasteiger partial charge on any atom is 0.128 e. The smallest absolute Gasteiger partial charge is 0.128 e. The molecule has 1 saturated heterocycles. The number of methoxy groups -OCH3 is 1. The van der Waals surface area contributed by atoms with Crippen molar-refractivity contribution in [1.29, 1.82) is 0 Å². The molecule has 0 bridgehead atoms. The standard InChI is InChI=1S/C17H29N3O/c1-14(2)10-18-11-15-6-7-16(19-12-15)20-9-5-8-17(3,13-20)21-4/h6-7,12,14,18H,5,8-11,13H2,1-4H3. The molecular formula is C17H29N3O. The van der Waals surface area contributed by atoms with Crippen molar-refractivity contribution < 1.29 is 4.74 Å². The number of nitrogens with zero attached hydrogens (tertiary/aromatic N) is 2. The van der Waals surface area contributed by atoms with Gasteiger partial charge in [0.1, 0.15) is 5.82 Å². The molecule has 0 spiro atoms. The first-order valence-electron chi connectivity index (χ1n) is 7.98. The number of nitrogens with one attached hydrogen (secondary N) is 1. The average Bonchev–Trinajstić information content (AvgIpc) is 2.48. The molecule has 118 valence electrons. The van der Waals surface area contributed by atoms with Crippen molar-refractivity contribution in [2.24, 2.45) is 5.92 Å². The van der Waals surface area contributed by atoms with Gasteiger partial charge in [0, 0.05) is 32.9 Å². The fourth-order valence-electron chi connectivity index (χ4n) is 2.78. The molecule has 1 N–H and O–H groups in total. The molecule has 0 radical (unpaired) electrons. The van der Waals surface area contributed by atoms with Crippen LogP contribution in [0.2, 0.25) is 0 Å². The Kier molecular flexibility index (Phi) is 5.59. The summed E-state index contributed by atoms with van der Waals surface area (Å²) in [7, 11) is 1.81. The lowest BCUT2D eigenvalue weighted by Crippen LogP contribution is -2.47. The molecule has 1 aliphatic heterocycles. The van der Waals surface area contributed by atoms with E-state index in [0.717, 1.165) is 44.8 Å². The minimum atomic E-state index is -0.0442. The van der Waals surface area contributed by atoms with E-state index in [0.29, 0.717) is 5.92 Å². The fourth-order valence-corrected chi connectivity index (χ4v) is 2.78. The Labute approximate surface area is 128 Å². The topological polar surface area (TPSA) is 37.4 Å². The van der Waals surface area contributed by atoms with E-state index in [4.69, 9.17) is 4.74 Å². The third kappa shape index (κ3) is 4.68. The van der Waals surface area contributed by atoms with Gasteiger partial charge in [-0.2, -0.15) is 0 Å². The molecule has 0 aliphatic carbocycles. The van der Waals surface area contributed by atoms with E-state index >= 15 is 0 Å². The molecule has 2 rings (SSSR count). The third-order valence-corrected chi connectivity index (χ3v) is 4.17. The molecular weight excluding hydrogens is 262 g/mol. The second-order valence-electron chi connectivity index (χ2n) is 6.73. The Morgan fingerprint density at radius 1 is 1.43 bits per heavy atom. The normalized spacial score (nSPS) is 22.8. The Morgan fingerprint density at radius 3 is 2.86 bits per heavy atom. The Balaban J connectivity index is 1.92. The van der Waals surface area contributed by atoms with Gasteiger partial charge in [0.25, 0.3) is 0 Å². The van der Waals surface area contributed by atoms with Gasteiger partial charge in [0.05, 0.1) is 5.60 Å². The summed E-state index contributed by atoms with van der Waals surface area (Å²) in [6, 6.07) is 4.31. The zero-order valence-corrected chi connectivity index (χ0v) is 13.9. The Bertz CT molecular complexity index is 432. The van der Waals surface area contributed by atoms with Crippen LogP contribution in [0.1, 0.15) is 39.2 Å². The van der Waals surface area contributed by atoms with Crippen LogP contribution in [-0.4, -0.2) is 37.3 Å². The number of aromatic nitrogens is 1. The second-order valence-corrected chi connectivity index (χ2v) is 6.73. The van der Waals surface area contributed by atoms with Crippen LogP contribution in [0.4, 0.5) is 5.82 Å². The predicted molar refractivity (Wildman–Crippen MR) is 87.6 cm³/mol. The van der Waals surface area contributed by atoms with Crippen molar-refractivity contribution in [2.45, 2.75) is 45.8 Å². The van der Waals surface area contributed by atoms with Crippen LogP contribution in [0.25, 0.3) is 0 Å². The lowest BCUT2D eigenvalue weighted by atomic mass is 9.95. The van der Waals surface area contributed by atoms with Crippen molar-refractivity contribution in [1.82, 2.24) is 10.3 Å². The molecule has 1 aliphatic rings. The van der Waals surface area contributed by atoms with Gasteiger partial charge in [-0.3, -0.25) is 0 Å². The molecule has 21 heavy (non-hydrogen) atoms. The SMILES string of the molecule is COC1(C)CCCN(c2ccc(CNCC(C)C)cn2)C1. The molecule has 0 amide bonds. The molecule has 1 unspecified atom stereocenters. The minimum absolute atomic E-state index is 0.0442. The zero-order chi connectivity index (χ0) is 15.3. The van der Waals surface area contributed by atoms with Gasteiger partial charge in [-0.1, -0.05) is 19.9 Å². The second kappa shape index (κ2) is 7.23. The summed E-state index contributed by atoms with van der Waals surface area (Å²) in [4.78, 5) is 6.96. The molecule has 1 aromatic heterocycles. The van der Waals surface area contributed by atoms with E-state index in [1.807, 2.05) is 6.20 Å². The number of anilines is 1. The molecule has 1 fully saturated rings. The van der Waals surface area contributed by atoms with Gasteiger partial charge in [0.2, 0.25) is 0 Å². The highest BCUT2D eigenvalue weighted by molar-refractivity contribution is 5.40. The largest absolute Gasteiger partial charge is 0.377 e. The highest BCUT2D eigenvalue weighted by Gasteiger charge is 2.31. The van der Waals surface area contributed by atoms with Crippen molar-refractivity contribution in [3.63, 3.8) is 0 Å². The summed E-state index contributed by atoms with van der Waals surface area (Å²) in [5.41, 5.74) is 1.20. The van der Waals surface area contributed by atoms with Gasteiger partial charge in [-0.15, -0.1) is 0 Å². The maximum absolute atomic E-state index is 5.65. The number of pyridine rings is 1. The number of piperidine rings is 1. The average molecular weight is 291 g/mol. The van der Waals surface area contributed by atoms with Crippen molar-refractivity contribution >= 4 is 5.82 Å². The quantitative estimate of drug-likeness (QED) is 0.874. The Hall–Kier alpha value is -1.13. The first kappa shape index (κ1) is 16.2. The molecule has 1 aromatic rings. The highest BCUT2D eigenvalue weighted by atomic mass is 16.5. The predicted octanol–water partition coefficient (Wildman–Crippen LogP) is 2.83. The maximum atomic E-state index is 5.65. The summed E-state index contributed by atoms with van der Waals surface area (Å²) in [5.74, 6) is 1.74. The van der Waals surface area contributed by atoms with E-state index in [-0.39, 0.29) is 5.60 Å². The molecule has 1 atom stereocenters. The molecule has 0 saturated carbocycles. The van der Waals surface area contributed by atoms with E-state index in [2.05, 4.69) is 48.1 Å². The van der Waals surface area contributed by atoms with Crippen LogP contribution in [0.15, 0.2) is 18.3 Å². The molecule has 4 heteroatoms. The van der Waals surface area contributed by atoms with Gasteiger partial charge < -0.3 is 15.0 Å². The van der Waals surface area contributed by atoms with Crippen molar-refractivity contribution in [2.75, 3.05) is 31.6 Å². The Morgan fingerprint density at radius 2 is 2.24 bits per heavy atom. The van der Waals surface area contributed by atoms with Crippen LogP contribution in [0, 0.1) is 5.92 Å². The third-order valence-electron chi connectivity index (χ3n) is 4.17. The molecule has 2 heterocycles. The molecule has 4 nitrogen and oxygen atoms in total. The van der Waals surface area contributed by atoms with Crippen molar-refractivity contribution in [3.05, 3.63) is 23.9 Å². The lowest BCUT2D eigenvalue weighted by Gasteiger charge is -2.40. The van der Waals surface area contributed by atoms with E-state index in [9.17, 15) is 0 Å². The number of ether oxygens (including phenoxy) is 1.